The average molecular weight is 297 g/mol. The smallest absolute Gasteiger partial charge is 0.0523 e. The molecule has 21 heavy (non-hydrogen) atoms. The fraction of sp³-hybridized carbons (Fsp3) is 0.400. The molecule has 112 valence electrons. The lowest BCUT2D eigenvalue weighted by molar-refractivity contribution is 0.404. The number of benzene rings is 2. The molecule has 2 rings (SSSR count). The molecule has 0 aliphatic rings. The molecule has 1 heteroatoms. The largest absolute Gasteiger partial charge is 0.0691 e. The monoisotopic (exact) mass is 296 g/mol. The van der Waals surface area contributed by atoms with E-state index in [1.54, 1.807) is 0 Å². The summed E-state index contributed by atoms with van der Waals surface area (Å²) in [5.74, 6) is 0. The van der Waals surface area contributed by atoms with Gasteiger partial charge in [-0.15, -0.1) is 0 Å². The zero-order valence-electron chi connectivity index (χ0n) is 13.9. The molecule has 0 unspecified atom stereocenters. The van der Waals surface area contributed by atoms with Gasteiger partial charge in [0.05, 0.1) is 8.07 Å². The summed E-state index contributed by atoms with van der Waals surface area (Å²) >= 11 is 0. The van der Waals surface area contributed by atoms with E-state index in [1.165, 1.54) is 29.6 Å². The molecular formula is C20H28Si. The fourth-order valence-corrected chi connectivity index (χ4v) is 7.90. The Kier molecular flexibility index (Phi) is 5.05. The van der Waals surface area contributed by atoms with Gasteiger partial charge in [-0.3, -0.25) is 0 Å². The first-order chi connectivity index (χ1) is 9.86. The van der Waals surface area contributed by atoms with Crippen LogP contribution in [-0.4, -0.2) is 8.07 Å². The van der Waals surface area contributed by atoms with Crippen molar-refractivity contribution < 1.29 is 0 Å². The highest BCUT2D eigenvalue weighted by Crippen LogP contribution is 2.33. The van der Waals surface area contributed by atoms with Crippen LogP contribution in [0.5, 0.6) is 0 Å². The Labute approximate surface area is 131 Å². The molecule has 0 aliphatic heterocycles. The molecule has 2 aromatic rings. The van der Waals surface area contributed by atoms with Gasteiger partial charge in [0.15, 0.2) is 0 Å². The molecule has 2 aromatic carbocycles. The van der Waals surface area contributed by atoms with Gasteiger partial charge in [-0.2, -0.15) is 0 Å². The third-order valence-corrected chi connectivity index (χ3v) is 7.29. The molecule has 0 fully saturated rings. The van der Waals surface area contributed by atoms with Gasteiger partial charge in [-0.05, 0) is 23.4 Å². The van der Waals surface area contributed by atoms with Gasteiger partial charge >= 0.3 is 0 Å². The summed E-state index contributed by atoms with van der Waals surface area (Å²) in [7, 11) is -1.23. The number of rotatable bonds is 6. The maximum Gasteiger partial charge on any atom is 0.0523 e. The molecule has 0 spiro atoms. The first-order valence-electron chi connectivity index (χ1n) is 7.94. The lowest BCUT2D eigenvalue weighted by Gasteiger charge is -2.34. The van der Waals surface area contributed by atoms with Crippen LogP contribution < -0.4 is 0 Å². The Morgan fingerprint density at radius 1 is 0.762 bits per heavy atom. The lowest BCUT2D eigenvalue weighted by Crippen LogP contribution is -2.36. The van der Waals surface area contributed by atoms with Gasteiger partial charge in [-0.25, -0.2) is 0 Å². The molecule has 0 amide bonds. The van der Waals surface area contributed by atoms with Gasteiger partial charge in [0.1, 0.15) is 0 Å². The summed E-state index contributed by atoms with van der Waals surface area (Å²) in [6.07, 6.45) is 1.18. The highest BCUT2D eigenvalue weighted by atomic mass is 28.3. The van der Waals surface area contributed by atoms with Crippen molar-refractivity contribution >= 4 is 8.07 Å². The van der Waals surface area contributed by atoms with Gasteiger partial charge in [0.2, 0.25) is 0 Å². The van der Waals surface area contributed by atoms with Crippen LogP contribution in [0, 0.1) is 5.41 Å². The first-order valence-corrected chi connectivity index (χ1v) is 11.4. The van der Waals surface area contributed by atoms with E-state index in [4.69, 9.17) is 0 Å². The molecule has 0 saturated heterocycles. The van der Waals surface area contributed by atoms with Crippen LogP contribution in [0.15, 0.2) is 60.7 Å². The van der Waals surface area contributed by atoms with Crippen LogP contribution in [0.25, 0.3) is 0 Å². The number of hydrogen-bond acceptors (Lipinski definition) is 0. The van der Waals surface area contributed by atoms with E-state index < -0.39 is 8.07 Å². The maximum absolute atomic E-state index is 2.53. The summed E-state index contributed by atoms with van der Waals surface area (Å²) in [4.78, 5) is 0. The molecule has 0 bridgehead atoms. The Morgan fingerprint density at radius 2 is 1.24 bits per heavy atom. The normalized spacial score (nSPS) is 12.4. The van der Waals surface area contributed by atoms with Crippen LogP contribution in [0.1, 0.15) is 25.0 Å². The Balaban J connectivity index is 2.01. The Bertz CT molecular complexity index is 489. The number of hydrogen-bond donors (Lipinski definition) is 0. The van der Waals surface area contributed by atoms with E-state index in [-0.39, 0.29) is 0 Å². The highest BCUT2D eigenvalue weighted by Gasteiger charge is 2.30. The van der Waals surface area contributed by atoms with E-state index in [0.29, 0.717) is 5.41 Å². The Hall–Kier alpha value is -1.34. The van der Waals surface area contributed by atoms with Gasteiger partial charge in [0.25, 0.3) is 0 Å². The zero-order valence-corrected chi connectivity index (χ0v) is 14.9. The average Bonchev–Trinajstić information content (AvgIpc) is 2.38. The second-order valence-corrected chi connectivity index (χ2v) is 12.9. The SMILES string of the molecule is CC(C)(Cc1ccccc1)C[Si](C)(C)Cc1ccccc1. The van der Waals surface area contributed by atoms with E-state index in [9.17, 15) is 0 Å². The quantitative estimate of drug-likeness (QED) is 0.596. The first kappa shape index (κ1) is 16.0. The Morgan fingerprint density at radius 3 is 1.76 bits per heavy atom. The molecule has 0 atom stereocenters. The van der Waals surface area contributed by atoms with Crippen LogP contribution in [-0.2, 0) is 12.5 Å². The van der Waals surface area contributed by atoms with Gasteiger partial charge < -0.3 is 0 Å². The van der Waals surface area contributed by atoms with Crippen molar-refractivity contribution in [3.63, 3.8) is 0 Å². The maximum atomic E-state index is 2.53. The summed E-state index contributed by atoms with van der Waals surface area (Å²) in [6.45, 7) is 9.93. The standard InChI is InChI=1S/C20H28Si/c1-20(2,15-18-11-7-5-8-12-18)17-21(3,4)16-19-13-9-6-10-14-19/h5-14H,15-17H2,1-4H3. The minimum Gasteiger partial charge on any atom is -0.0691 e. The van der Waals surface area contributed by atoms with Crippen LogP contribution in [0.4, 0.5) is 0 Å². The van der Waals surface area contributed by atoms with Crippen LogP contribution in [0.3, 0.4) is 0 Å². The minimum atomic E-state index is -1.23. The lowest BCUT2D eigenvalue weighted by atomic mass is 9.88. The van der Waals surface area contributed by atoms with Crippen molar-refractivity contribution in [1.82, 2.24) is 0 Å². The highest BCUT2D eigenvalue weighted by molar-refractivity contribution is 6.77. The predicted molar refractivity (Wildman–Crippen MR) is 96.4 cm³/mol. The third kappa shape index (κ3) is 5.51. The molecule has 0 nitrogen and oxygen atoms in total. The summed E-state index contributed by atoms with van der Waals surface area (Å²) in [5, 5.41) is 0. The molecule has 0 aromatic heterocycles. The van der Waals surface area contributed by atoms with Crippen molar-refractivity contribution in [2.45, 2.75) is 45.5 Å². The summed E-state index contributed by atoms with van der Waals surface area (Å²) < 4.78 is 0. The van der Waals surface area contributed by atoms with Crippen molar-refractivity contribution in [1.29, 1.82) is 0 Å². The van der Waals surface area contributed by atoms with E-state index in [1.807, 2.05) is 0 Å². The second kappa shape index (κ2) is 6.61. The van der Waals surface area contributed by atoms with Crippen LogP contribution >= 0.6 is 0 Å². The molecule has 0 saturated carbocycles. The summed E-state index contributed by atoms with van der Waals surface area (Å²) in [6, 6.07) is 24.6. The minimum absolute atomic E-state index is 0.381. The third-order valence-electron chi connectivity index (χ3n) is 4.01. The molecule has 0 radical (unpaired) electrons. The molecule has 0 heterocycles. The molecular weight excluding hydrogens is 268 g/mol. The topological polar surface area (TPSA) is 0 Å². The van der Waals surface area contributed by atoms with Crippen molar-refractivity contribution in [3.8, 4) is 0 Å². The van der Waals surface area contributed by atoms with E-state index in [0.717, 1.165) is 0 Å². The van der Waals surface area contributed by atoms with Gasteiger partial charge in [0, 0.05) is 0 Å². The molecule has 0 N–H and O–H groups in total. The van der Waals surface area contributed by atoms with E-state index in [2.05, 4.69) is 87.6 Å². The zero-order chi connectivity index (χ0) is 15.3. The molecule has 0 aliphatic carbocycles. The van der Waals surface area contributed by atoms with Crippen molar-refractivity contribution in [2.24, 2.45) is 5.41 Å². The second-order valence-electron chi connectivity index (χ2n) is 7.83. The van der Waals surface area contributed by atoms with E-state index >= 15 is 0 Å². The predicted octanol–water partition coefficient (Wildman–Crippen LogP) is 5.75. The van der Waals surface area contributed by atoms with Crippen molar-refractivity contribution in [3.05, 3.63) is 71.8 Å². The van der Waals surface area contributed by atoms with Crippen LogP contribution in [0.2, 0.25) is 19.1 Å². The summed E-state index contributed by atoms with van der Waals surface area (Å²) in [5.41, 5.74) is 3.35. The van der Waals surface area contributed by atoms with Crippen molar-refractivity contribution in [2.75, 3.05) is 0 Å². The van der Waals surface area contributed by atoms with Gasteiger partial charge in [-0.1, -0.05) is 99.2 Å². The fourth-order valence-electron chi connectivity index (χ4n) is 3.72.